The highest BCUT2D eigenvalue weighted by atomic mass is 19.3. The fourth-order valence-corrected chi connectivity index (χ4v) is 2.49. The first-order valence-electron chi connectivity index (χ1n) is 6.63. The summed E-state index contributed by atoms with van der Waals surface area (Å²) in [6.07, 6.45) is 3.70. The minimum atomic E-state index is -2.55. The number of para-hydroxylation sites is 2. The molecule has 0 aliphatic carbocycles. The number of hydrogen-bond acceptors (Lipinski definition) is 3. The molecule has 6 heteroatoms. The number of rotatable bonds is 3. The first kappa shape index (κ1) is 12.9. The number of fused-ring (bicyclic) bond motifs is 1. The SMILES string of the molecule is FC(F)n1ccnc1CN1CCCNc2ccccc21. The fourth-order valence-electron chi connectivity index (χ4n) is 2.49. The van der Waals surface area contributed by atoms with Gasteiger partial charge in [0.2, 0.25) is 0 Å². The molecular formula is C14H16F2N4. The molecule has 20 heavy (non-hydrogen) atoms. The van der Waals surface area contributed by atoms with Crippen molar-refractivity contribution in [3.63, 3.8) is 0 Å². The zero-order chi connectivity index (χ0) is 13.9. The van der Waals surface area contributed by atoms with Crippen molar-refractivity contribution in [2.45, 2.75) is 19.5 Å². The van der Waals surface area contributed by atoms with E-state index in [1.807, 2.05) is 24.3 Å². The first-order valence-corrected chi connectivity index (χ1v) is 6.63. The quantitative estimate of drug-likeness (QED) is 0.936. The maximum atomic E-state index is 12.9. The van der Waals surface area contributed by atoms with Crippen LogP contribution < -0.4 is 10.2 Å². The van der Waals surface area contributed by atoms with E-state index in [1.54, 1.807) is 0 Å². The molecule has 0 spiro atoms. The monoisotopic (exact) mass is 278 g/mol. The van der Waals surface area contributed by atoms with Gasteiger partial charge in [-0.05, 0) is 18.6 Å². The van der Waals surface area contributed by atoms with Gasteiger partial charge in [-0.15, -0.1) is 0 Å². The Hall–Kier alpha value is -2.11. The van der Waals surface area contributed by atoms with Gasteiger partial charge in [0.1, 0.15) is 5.82 Å². The van der Waals surface area contributed by atoms with Gasteiger partial charge in [0.05, 0.1) is 17.9 Å². The van der Waals surface area contributed by atoms with Gasteiger partial charge in [0, 0.05) is 25.5 Å². The Morgan fingerprint density at radius 1 is 1.30 bits per heavy atom. The van der Waals surface area contributed by atoms with Gasteiger partial charge in [-0.1, -0.05) is 12.1 Å². The van der Waals surface area contributed by atoms with Crippen LogP contribution in [0.2, 0.25) is 0 Å². The number of alkyl halides is 2. The average molecular weight is 278 g/mol. The lowest BCUT2D eigenvalue weighted by molar-refractivity contribution is 0.0670. The molecular weight excluding hydrogens is 262 g/mol. The van der Waals surface area contributed by atoms with Crippen LogP contribution in [0.15, 0.2) is 36.7 Å². The second-order valence-electron chi connectivity index (χ2n) is 4.75. The molecule has 0 saturated heterocycles. The van der Waals surface area contributed by atoms with E-state index in [4.69, 9.17) is 0 Å². The molecule has 4 nitrogen and oxygen atoms in total. The second-order valence-corrected chi connectivity index (χ2v) is 4.75. The summed E-state index contributed by atoms with van der Waals surface area (Å²) < 4.78 is 26.7. The van der Waals surface area contributed by atoms with Crippen molar-refractivity contribution in [3.8, 4) is 0 Å². The molecule has 0 radical (unpaired) electrons. The molecule has 0 bridgehead atoms. The highest BCUT2D eigenvalue weighted by molar-refractivity contribution is 5.70. The van der Waals surface area contributed by atoms with Crippen molar-refractivity contribution in [1.29, 1.82) is 0 Å². The molecule has 106 valence electrons. The normalized spacial score (nSPS) is 14.8. The van der Waals surface area contributed by atoms with E-state index < -0.39 is 6.55 Å². The Bertz CT molecular complexity index is 582. The first-order chi connectivity index (χ1) is 9.75. The van der Waals surface area contributed by atoms with E-state index in [9.17, 15) is 8.78 Å². The van der Waals surface area contributed by atoms with Gasteiger partial charge >= 0.3 is 6.55 Å². The molecule has 0 unspecified atom stereocenters. The Kier molecular flexibility index (Phi) is 3.54. The molecule has 0 saturated carbocycles. The number of nitrogens with zero attached hydrogens (tertiary/aromatic N) is 3. The minimum absolute atomic E-state index is 0.385. The van der Waals surface area contributed by atoms with E-state index in [0.717, 1.165) is 35.5 Å². The number of benzene rings is 1. The molecule has 1 aromatic heterocycles. The van der Waals surface area contributed by atoms with Crippen molar-refractivity contribution in [3.05, 3.63) is 42.5 Å². The predicted octanol–water partition coefficient (Wildman–Crippen LogP) is 3.10. The molecule has 0 fully saturated rings. The number of nitrogens with one attached hydrogen (secondary N) is 1. The highest BCUT2D eigenvalue weighted by Crippen LogP contribution is 2.29. The molecule has 1 aromatic carbocycles. The largest absolute Gasteiger partial charge is 0.383 e. The number of aromatic nitrogens is 2. The van der Waals surface area contributed by atoms with Crippen LogP contribution in [0.25, 0.3) is 0 Å². The Morgan fingerprint density at radius 3 is 3.00 bits per heavy atom. The van der Waals surface area contributed by atoms with Crippen molar-refractivity contribution in [1.82, 2.24) is 9.55 Å². The smallest absolute Gasteiger partial charge is 0.319 e. The van der Waals surface area contributed by atoms with Crippen LogP contribution in [0.5, 0.6) is 0 Å². The van der Waals surface area contributed by atoms with E-state index in [0.29, 0.717) is 12.4 Å². The van der Waals surface area contributed by atoms with Crippen LogP contribution in [-0.4, -0.2) is 22.6 Å². The summed E-state index contributed by atoms with van der Waals surface area (Å²) in [5.74, 6) is 0.386. The van der Waals surface area contributed by atoms with Gasteiger partial charge in [0.25, 0.3) is 0 Å². The Labute approximate surface area is 116 Å². The van der Waals surface area contributed by atoms with Crippen molar-refractivity contribution in [2.75, 3.05) is 23.3 Å². The summed E-state index contributed by atoms with van der Waals surface area (Å²) >= 11 is 0. The maximum Gasteiger partial charge on any atom is 0.319 e. The third-order valence-electron chi connectivity index (χ3n) is 3.46. The van der Waals surface area contributed by atoms with Gasteiger partial charge in [-0.2, -0.15) is 8.78 Å². The lowest BCUT2D eigenvalue weighted by Crippen LogP contribution is -2.25. The van der Waals surface area contributed by atoms with E-state index in [2.05, 4.69) is 15.2 Å². The van der Waals surface area contributed by atoms with Gasteiger partial charge < -0.3 is 10.2 Å². The molecule has 1 aliphatic heterocycles. The summed E-state index contributed by atoms with van der Waals surface area (Å²) in [5, 5.41) is 3.36. The number of halogens is 2. The van der Waals surface area contributed by atoms with E-state index in [-0.39, 0.29) is 0 Å². The lowest BCUT2D eigenvalue weighted by atomic mass is 10.2. The highest BCUT2D eigenvalue weighted by Gasteiger charge is 2.18. The summed E-state index contributed by atoms with van der Waals surface area (Å²) in [6.45, 7) is -0.458. The number of imidazole rings is 1. The van der Waals surface area contributed by atoms with Crippen molar-refractivity contribution < 1.29 is 8.78 Å². The third kappa shape index (κ3) is 2.45. The van der Waals surface area contributed by atoms with Crippen LogP contribution in [-0.2, 0) is 6.54 Å². The van der Waals surface area contributed by atoms with Gasteiger partial charge in [-0.3, -0.25) is 4.57 Å². The molecule has 2 aromatic rings. The standard InChI is InChI=1S/C14H16F2N4/c15-14(16)20-9-7-18-13(20)10-19-8-3-6-17-11-4-1-2-5-12(11)19/h1-2,4-5,7,9,14,17H,3,6,8,10H2. The Morgan fingerprint density at radius 2 is 2.15 bits per heavy atom. The summed E-state index contributed by atoms with van der Waals surface area (Å²) in [6, 6.07) is 7.93. The van der Waals surface area contributed by atoms with Crippen molar-refractivity contribution in [2.24, 2.45) is 0 Å². The second kappa shape index (κ2) is 5.48. The lowest BCUT2D eigenvalue weighted by Gasteiger charge is -2.24. The van der Waals surface area contributed by atoms with Crippen molar-refractivity contribution >= 4 is 11.4 Å². The molecule has 3 rings (SSSR count). The Balaban J connectivity index is 1.88. The molecule has 0 atom stereocenters. The topological polar surface area (TPSA) is 33.1 Å². The van der Waals surface area contributed by atoms with Crippen LogP contribution in [0.3, 0.4) is 0 Å². The third-order valence-corrected chi connectivity index (χ3v) is 3.46. The van der Waals surface area contributed by atoms with Crippen LogP contribution >= 0.6 is 0 Å². The predicted molar refractivity (Wildman–Crippen MR) is 74.1 cm³/mol. The minimum Gasteiger partial charge on any atom is -0.383 e. The average Bonchev–Trinajstić information content (AvgIpc) is 2.81. The summed E-state index contributed by atoms with van der Waals surface area (Å²) in [5.41, 5.74) is 2.08. The van der Waals surface area contributed by atoms with Gasteiger partial charge in [-0.25, -0.2) is 4.98 Å². The fraction of sp³-hybridized carbons (Fsp3) is 0.357. The molecule has 1 aliphatic rings. The summed E-state index contributed by atoms with van der Waals surface area (Å²) in [7, 11) is 0. The summed E-state index contributed by atoms with van der Waals surface area (Å²) in [4.78, 5) is 6.15. The maximum absolute atomic E-state index is 12.9. The van der Waals surface area contributed by atoms with E-state index in [1.165, 1.54) is 12.4 Å². The van der Waals surface area contributed by atoms with E-state index >= 15 is 0 Å². The zero-order valence-corrected chi connectivity index (χ0v) is 11.0. The van der Waals surface area contributed by atoms with Crippen LogP contribution in [0.4, 0.5) is 20.2 Å². The molecule has 2 heterocycles. The number of hydrogen-bond donors (Lipinski definition) is 1. The van der Waals surface area contributed by atoms with Crippen LogP contribution in [0.1, 0.15) is 18.8 Å². The molecule has 0 amide bonds. The molecule has 1 N–H and O–H groups in total. The van der Waals surface area contributed by atoms with Crippen LogP contribution in [0, 0.1) is 0 Å². The van der Waals surface area contributed by atoms with Gasteiger partial charge in [0.15, 0.2) is 0 Å². The number of anilines is 2. The zero-order valence-electron chi connectivity index (χ0n) is 11.0.